The second-order valence-corrected chi connectivity index (χ2v) is 8.29. The number of methoxy groups -OCH3 is 1. The van der Waals surface area contributed by atoms with Crippen LogP contribution < -0.4 is 20.1 Å². The number of benzene rings is 2. The van der Waals surface area contributed by atoms with E-state index in [-0.39, 0.29) is 35.6 Å². The third-order valence-corrected chi connectivity index (χ3v) is 6.10. The van der Waals surface area contributed by atoms with Crippen molar-refractivity contribution in [1.29, 1.82) is 0 Å². The van der Waals surface area contributed by atoms with Gasteiger partial charge in [-0.05, 0) is 56.0 Å². The monoisotopic (exact) mass is 450 g/mol. The molecule has 174 valence electrons. The van der Waals surface area contributed by atoms with Crippen molar-refractivity contribution in [2.75, 3.05) is 13.7 Å². The minimum Gasteiger partial charge on any atom is -0.496 e. The Kier molecular flexibility index (Phi) is 7.17. The number of rotatable bonds is 7. The van der Waals surface area contributed by atoms with Crippen LogP contribution in [-0.2, 0) is 20.9 Å². The molecule has 1 aliphatic carbocycles. The zero-order valence-corrected chi connectivity index (χ0v) is 19.0. The minimum atomic E-state index is -0.266. The second kappa shape index (κ2) is 10.4. The molecular weight excluding hydrogens is 420 g/mol. The molecular formula is C26H30N2O5. The number of fused-ring (bicyclic) bond motifs is 1. The molecule has 1 aliphatic heterocycles. The Labute approximate surface area is 194 Å². The van der Waals surface area contributed by atoms with Gasteiger partial charge in [0.25, 0.3) is 5.91 Å². The van der Waals surface area contributed by atoms with Crippen LogP contribution in [0, 0.1) is 5.92 Å². The third-order valence-electron chi connectivity index (χ3n) is 6.10. The number of amides is 2. The molecule has 3 atom stereocenters. The van der Waals surface area contributed by atoms with Crippen molar-refractivity contribution in [2.45, 2.75) is 44.9 Å². The van der Waals surface area contributed by atoms with E-state index >= 15 is 0 Å². The smallest absolute Gasteiger partial charge is 0.286 e. The molecule has 4 rings (SSSR count). The average Bonchev–Trinajstić information content (AvgIpc) is 2.84. The molecule has 2 N–H and O–H groups in total. The molecule has 0 aromatic heterocycles. The topological polar surface area (TPSA) is 85.9 Å². The zero-order valence-electron chi connectivity index (χ0n) is 19.0. The van der Waals surface area contributed by atoms with Gasteiger partial charge in [-0.25, -0.2) is 0 Å². The Balaban J connectivity index is 1.32. The molecule has 1 saturated carbocycles. The van der Waals surface area contributed by atoms with E-state index in [1.807, 2.05) is 55.5 Å². The van der Waals surface area contributed by atoms with Crippen molar-refractivity contribution in [3.63, 3.8) is 0 Å². The van der Waals surface area contributed by atoms with Crippen LogP contribution in [0.5, 0.6) is 11.5 Å². The first kappa shape index (κ1) is 22.7. The van der Waals surface area contributed by atoms with Crippen molar-refractivity contribution in [3.8, 4) is 11.5 Å². The van der Waals surface area contributed by atoms with Gasteiger partial charge in [0, 0.05) is 18.0 Å². The van der Waals surface area contributed by atoms with E-state index in [2.05, 4.69) is 10.6 Å². The van der Waals surface area contributed by atoms with E-state index in [0.29, 0.717) is 38.2 Å². The van der Waals surface area contributed by atoms with Crippen molar-refractivity contribution in [3.05, 3.63) is 65.4 Å². The quantitative estimate of drug-likeness (QED) is 0.632. The molecule has 2 aromatic rings. The first-order chi connectivity index (χ1) is 16.1. The molecule has 1 heterocycles. The fourth-order valence-electron chi connectivity index (χ4n) is 4.36. The highest BCUT2D eigenvalue weighted by Gasteiger charge is 2.40. The fourth-order valence-corrected chi connectivity index (χ4v) is 4.36. The maximum absolute atomic E-state index is 12.8. The van der Waals surface area contributed by atoms with E-state index in [0.717, 1.165) is 16.9 Å². The van der Waals surface area contributed by atoms with E-state index in [4.69, 9.17) is 14.2 Å². The van der Waals surface area contributed by atoms with Gasteiger partial charge in [0.1, 0.15) is 17.6 Å². The lowest BCUT2D eigenvalue weighted by Crippen LogP contribution is -2.54. The number of morpholine rings is 1. The lowest BCUT2D eigenvalue weighted by molar-refractivity contribution is -0.134. The van der Waals surface area contributed by atoms with Crippen molar-refractivity contribution < 1.29 is 23.8 Å². The zero-order chi connectivity index (χ0) is 23.2. The summed E-state index contributed by atoms with van der Waals surface area (Å²) in [6, 6.07) is 15.0. The number of nitrogens with one attached hydrogen (secondary N) is 2. The Bertz CT molecular complexity index is 1020. The lowest BCUT2D eigenvalue weighted by atomic mass is 9.82. The molecule has 3 unspecified atom stereocenters. The number of carbonyl (C=O) groups is 2. The van der Waals surface area contributed by atoms with Gasteiger partial charge >= 0.3 is 0 Å². The number of hydrogen-bond acceptors (Lipinski definition) is 5. The summed E-state index contributed by atoms with van der Waals surface area (Å²) in [5, 5.41) is 6.06. The molecule has 2 amide bonds. The van der Waals surface area contributed by atoms with Gasteiger partial charge in [0.2, 0.25) is 5.91 Å². The summed E-state index contributed by atoms with van der Waals surface area (Å²) in [7, 11) is 1.59. The molecule has 0 radical (unpaired) electrons. The standard InChI is InChI=1S/C26H30N2O5/c1-3-32-20-11-8-17(9-12-20)16-27-25(29)19-10-13-23-21(14-19)28-26(30)24(33-23)15-18-6-4-5-7-22(18)31-2/h4-9,11-12,15,19,21,23H,3,10,13-14,16H2,1-2H3,(H,27,29)(H,28,30)/b24-15+. The first-order valence-corrected chi connectivity index (χ1v) is 11.4. The van der Waals surface area contributed by atoms with Gasteiger partial charge in [0.05, 0.1) is 19.8 Å². The summed E-state index contributed by atoms with van der Waals surface area (Å²) in [4.78, 5) is 25.4. The van der Waals surface area contributed by atoms with Crippen LogP contribution in [0.1, 0.15) is 37.3 Å². The van der Waals surface area contributed by atoms with E-state index in [1.54, 1.807) is 13.2 Å². The summed E-state index contributed by atoms with van der Waals surface area (Å²) >= 11 is 0. The van der Waals surface area contributed by atoms with Gasteiger partial charge in [0.15, 0.2) is 5.76 Å². The second-order valence-electron chi connectivity index (χ2n) is 8.29. The van der Waals surface area contributed by atoms with Crippen LogP contribution >= 0.6 is 0 Å². The number of hydrogen-bond donors (Lipinski definition) is 2. The largest absolute Gasteiger partial charge is 0.496 e. The Morgan fingerprint density at radius 2 is 1.97 bits per heavy atom. The average molecular weight is 451 g/mol. The normalized spacial score (nSPS) is 23.2. The predicted octanol–water partition coefficient (Wildman–Crippen LogP) is 3.43. The summed E-state index contributed by atoms with van der Waals surface area (Å²) < 4.78 is 16.9. The fraction of sp³-hybridized carbons (Fsp3) is 0.385. The van der Waals surface area contributed by atoms with Crippen LogP contribution in [0.3, 0.4) is 0 Å². The number of carbonyl (C=O) groups excluding carboxylic acids is 2. The van der Waals surface area contributed by atoms with Gasteiger partial charge in [-0.1, -0.05) is 30.3 Å². The molecule has 2 fully saturated rings. The maximum Gasteiger partial charge on any atom is 0.286 e. The number of ether oxygens (including phenoxy) is 3. The Morgan fingerprint density at radius 3 is 2.73 bits per heavy atom. The molecule has 1 saturated heterocycles. The Morgan fingerprint density at radius 1 is 1.18 bits per heavy atom. The Hall–Kier alpha value is -3.48. The molecule has 0 spiro atoms. The highest BCUT2D eigenvalue weighted by Crippen LogP contribution is 2.32. The van der Waals surface area contributed by atoms with Crippen LogP contribution in [0.15, 0.2) is 54.3 Å². The predicted molar refractivity (Wildman–Crippen MR) is 125 cm³/mol. The number of para-hydroxylation sites is 1. The first-order valence-electron chi connectivity index (χ1n) is 11.4. The van der Waals surface area contributed by atoms with Crippen molar-refractivity contribution in [2.24, 2.45) is 5.92 Å². The molecule has 0 bridgehead atoms. The van der Waals surface area contributed by atoms with Crippen LogP contribution in [-0.4, -0.2) is 37.7 Å². The maximum atomic E-state index is 12.8. The SMILES string of the molecule is CCOc1ccc(CNC(=O)C2CCC3O/C(=C/c4ccccc4OC)C(=O)NC3C2)cc1. The van der Waals surface area contributed by atoms with E-state index in [1.165, 1.54) is 0 Å². The molecule has 2 aromatic carbocycles. The minimum absolute atomic E-state index is 0.00643. The highest BCUT2D eigenvalue weighted by molar-refractivity contribution is 5.97. The van der Waals surface area contributed by atoms with Gasteiger partial charge < -0.3 is 24.8 Å². The third kappa shape index (κ3) is 5.48. The summed E-state index contributed by atoms with van der Waals surface area (Å²) in [5.74, 6) is 1.36. The summed E-state index contributed by atoms with van der Waals surface area (Å²) in [5.41, 5.74) is 1.80. The van der Waals surface area contributed by atoms with Gasteiger partial charge in [-0.3, -0.25) is 9.59 Å². The molecule has 2 aliphatic rings. The molecule has 33 heavy (non-hydrogen) atoms. The highest BCUT2D eigenvalue weighted by atomic mass is 16.5. The van der Waals surface area contributed by atoms with Crippen molar-refractivity contribution in [1.82, 2.24) is 10.6 Å². The molecule has 7 heteroatoms. The lowest BCUT2D eigenvalue weighted by Gasteiger charge is -2.39. The summed E-state index contributed by atoms with van der Waals surface area (Å²) in [6.45, 7) is 3.03. The van der Waals surface area contributed by atoms with Gasteiger partial charge in [-0.2, -0.15) is 0 Å². The van der Waals surface area contributed by atoms with Crippen LogP contribution in [0.4, 0.5) is 0 Å². The van der Waals surface area contributed by atoms with Crippen LogP contribution in [0.2, 0.25) is 0 Å². The molecule has 7 nitrogen and oxygen atoms in total. The van der Waals surface area contributed by atoms with E-state index in [9.17, 15) is 9.59 Å². The summed E-state index contributed by atoms with van der Waals surface area (Å²) in [6.07, 6.45) is 3.55. The van der Waals surface area contributed by atoms with Crippen LogP contribution in [0.25, 0.3) is 6.08 Å². The van der Waals surface area contributed by atoms with Crippen molar-refractivity contribution >= 4 is 17.9 Å². The van der Waals surface area contributed by atoms with Gasteiger partial charge in [-0.15, -0.1) is 0 Å². The van der Waals surface area contributed by atoms with E-state index < -0.39 is 0 Å².